The summed E-state index contributed by atoms with van der Waals surface area (Å²) in [5.41, 5.74) is 2.26. The Morgan fingerprint density at radius 1 is 1.10 bits per heavy atom. The molecule has 8 heteroatoms. The first-order valence-corrected chi connectivity index (χ1v) is 9.79. The normalized spacial score (nSPS) is 11.0. The number of allylic oxidation sites excluding steroid dienone is 1. The topological polar surface area (TPSA) is 85.4 Å². The Labute approximate surface area is 189 Å². The molecular formula is C23H16Cl2N2O4. The molecule has 6 nitrogen and oxygen atoms in total. The summed E-state index contributed by atoms with van der Waals surface area (Å²) < 4.78 is 11.3. The molecule has 0 heterocycles. The molecule has 3 aromatic carbocycles. The summed E-state index contributed by atoms with van der Waals surface area (Å²) >= 11 is 12.4. The largest absolute Gasteiger partial charge is 0.493 e. The standard InChI is InChI=1S/C23H16Cl2N2O4/c1-30-23-12-15(11-17(13-26)16-6-8-18(9-7-16)27(28)29)5-10-22(23)31-14-19-20(24)3-2-4-21(19)25/h2-12H,14H2,1H3. The molecule has 0 aliphatic carbocycles. The molecule has 0 bridgehead atoms. The lowest BCUT2D eigenvalue weighted by molar-refractivity contribution is -0.384. The van der Waals surface area contributed by atoms with Gasteiger partial charge in [0.25, 0.3) is 5.69 Å². The zero-order valence-corrected chi connectivity index (χ0v) is 17.9. The number of nitro groups is 1. The number of methoxy groups -OCH3 is 1. The molecule has 0 N–H and O–H groups in total. The molecule has 0 unspecified atom stereocenters. The molecule has 0 spiro atoms. The van der Waals surface area contributed by atoms with E-state index >= 15 is 0 Å². The molecular weight excluding hydrogens is 439 g/mol. The fraction of sp³-hybridized carbons (Fsp3) is 0.0870. The highest BCUT2D eigenvalue weighted by Gasteiger charge is 2.11. The summed E-state index contributed by atoms with van der Waals surface area (Å²) in [7, 11) is 1.51. The molecule has 0 saturated carbocycles. The summed E-state index contributed by atoms with van der Waals surface area (Å²) in [6, 6.07) is 18.4. The molecule has 0 atom stereocenters. The van der Waals surface area contributed by atoms with E-state index in [0.717, 1.165) is 0 Å². The number of benzene rings is 3. The maximum atomic E-state index is 10.8. The van der Waals surface area contributed by atoms with Crippen LogP contribution in [0.5, 0.6) is 11.5 Å². The van der Waals surface area contributed by atoms with Crippen LogP contribution in [0.2, 0.25) is 10.0 Å². The third-order valence-corrected chi connectivity index (χ3v) is 5.15. The average molecular weight is 455 g/mol. The van der Waals surface area contributed by atoms with E-state index in [9.17, 15) is 15.4 Å². The average Bonchev–Trinajstić information content (AvgIpc) is 2.77. The maximum absolute atomic E-state index is 10.8. The van der Waals surface area contributed by atoms with Gasteiger partial charge in [-0.05, 0) is 53.6 Å². The molecule has 3 aromatic rings. The minimum absolute atomic E-state index is 0.0390. The van der Waals surface area contributed by atoms with Crippen LogP contribution in [0.1, 0.15) is 16.7 Å². The van der Waals surface area contributed by atoms with E-state index in [1.165, 1.54) is 31.4 Å². The van der Waals surface area contributed by atoms with Crippen LogP contribution in [0.3, 0.4) is 0 Å². The Balaban J connectivity index is 1.84. The van der Waals surface area contributed by atoms with Crippen molar-refractivity contribution in [2.24, 2.45) is 0 Å². The molecule has 0 amide bonds. The highest BCUT2D eigenvalue weighted by Crippen LogP contribution is 2.32. The highest BCUT2D eigenvalue weighted by atomic mass is 35.5. The Morgan fingerprint density at radius 3 is 2.35 bits per heavy atom. The number of halogens is 2. The number of nitro benzene ring substituents is 1. The molecule has 0 radical (unpaired) electrons. The van der Waals surface area contributed by atoms with Crippen molar-refractivity contribution < 1.29 is 14.4 Å². The lowest BCUT2D eigenvalue weighted by atomic mass is 10.0. The minimum Gasteiger partial charge on any atom is -0.493 e. The van der Waals surface area contributed by atoms with Gasteiger partial charge in [0.15, 0.2) is 11.5 Å². The van der Waals surface area contributed by atoms with Crippen LogP contribution in [-0.4, -0.2) is 12.0 Å². The number of non-ortho nitro benzene ring substituents is 1. The van der Waals surface area contributed by atoms with Crippen LogP contribution in [-0.2, 0) is 6.61 Å². The van der Waals surface area contributed by atoms with Crippen molar-refractivity contribution in [1.82, 2.24) is 0 Å². The molecule has 31 heavy (non-hydrogen) atoms. The lowest BCUT2D eigenvalue weighted by Crippen LogP contribution is -1.99. The second kappa shape index (κ2) is 9.98. The SMILES string of the molecule is COc1cc(C=C(C#N)c2ccc([N+](=O)[O-])cc2)ccc1OCc1c(Cl)cccc1Cl. The number of ether oxygens (including phenoxy) is 2. The van der Waals surface area contributed by atoms with Gasteiger partial charge in [0.05, 0.1) is 23.7 Å². The van der Waals surface area contributed by atoms with E-state index in [1.54, 1.807) is 42.5 Å². The Morgan fingerprint density at radius 2 is 1.77 bits per heavy atom. The van der Waals surface area contributed by atoms with Crippen molar-refractivity contribution >= 4 is 40.5 Å². The Kier molecular flexibility index (Phi) is 7.14. The molecule has 3 rings (SSSR count). The zero-order chi connectivity index (χ0) is 22.4. The van der Waals surface area contributed by atoms with Crippen molar-refractivity contribution in [1.29, 1.82) is 5.26 Å². The monoisotopic (exact) mass is 454 g/mol. The van der Waals surface area contributed by atoms with Gasteiger partial charge in [0.1, 0.15) is 6.61 Å². The van der Waals surface area contributed by atoms with Crippen molar-refractivity contribution in [2.45, 2.75) is 6.61 Å². The maximum Gasteiger partial charge on any atom is 0.269 e. The molecule has 0 aromatic heterocycles. The van der Waals surface area contributed by atoms with Crippen LogP contribution in [0.25, 0.3) is 11.6 Å². The first-order chi connectivity index (χ1) is 14.9. The summed E-state index contributed by atoms with van der Waals surface area (Å²) in [5, 5.41) is 21.4. The van der Waals surface area contributed by atoms with Crippen LogP contribution in [0, 0.1) is 21.4 Å². The number of nitriles is 1. The number of rotatable bonds is 7. The second-order valence-electron chi connectivity index (χ2n) is 6.37. The number of hydrogen-bond donors (Lipinski definition) is 0. The summed E-state index contributed by atoms with van der Waals surface area (Å²) in [4.78, 5) is 10.3. The second-order valence-corrected chi connectivity index (χ2v) is 7.19. The predicted octanol–water partition coefficient (Wildman–Crippen LogP) is 6.55. The minimum atomic E-state index is -0.487. The van der Waals surface area contributed by atoms with E-state index < -0.39 is 4.92 Å². The summed E-state index contributed by atoms with van der Waals surface area (Å²) in [6.45, 7) is 0.163. The molecule has 0 aliphatic heterocycles. The van der Waals surface area contributed by atoms with E-state index in [4.69, 9.17) is 32.7 Å². The van der Waals surface area contributed by atoms with Gasteiger partial charge >= 0.3 is 0 Å². The number of hydrogen-bond acceptors (Lipinski definition) is 5. The summed E-state index contributed by atoms with van der Waals surface area (Å²) in [6.07, 6.45) is 1.67. The lowest BCUT2D eigenvalue weighted by Gasteiger charge is -2.13. The first-order valence-electron chi connectivity index (χ1n) is 9.03. The van der Waals surface area contributed by atoms with Gasteiger partial charge in [-0.15, -0.1) is 0 Å². The van der Waals surface area contributed by atoms with E-state index in [2.05, 4.69) is 6.07 Å². The van der Waals surface area contributed by atoms with Gasteiger partial charge in [-0.3, -0.25) is 10.1 Å². The third kappa shape index (κ3) is 5.34. The van der Waals surface area contributed by atoms with E-state index in [-0.39, 0.29) is 12.3 Å². The van der Waals surface area contributed by atoms with Crippen molar-refractivity contribution in [3.05, 3.63) is 97.5 Å². The van der Waals surface area contributed by atoms with Gasteiger partial charge in [0.2, 0.25) is 0 Å². The van der Waals surface area contributed by atoms with E-state index in [0.29, 0.717) is 43.8 Å². The molecule has 0 saturated heterocycles. The fourth-order valence-corrected chi connectivity index (χ4v) is 3.33. The van der Waals surface area contributed by atoms with Crippen LogP contribution >= 0.6 is 23.2 Å². The third-order valence-electron chi connectivity index (χ3n) is 4.44. The van der Waals surface area contributed by atoms with Gasteiger partial charge in [-0.1, -0.05) is 35.3 Å². The van der Waals surface area contributed by atoms with Crippen molar-refractivity contribution in [3.8, 4) is 17.6 Å². The van der Waals surface area contributed by atoms with Gasteiger partial charge in [-0.2, -0.15) is 5.26 Å². The quantitative estimate of drug-likeness (QED) is 0.174. The van der Waals surface area contributed by atoms with Gasteiger partial charge < -0.3 is 9.47 Å². The summed E-state index contributed by atoms with van der Waals surface area (Å²) in [5.74, 6) is 0.961. The van der Waals surface area contributed by atoms with Crippen molar-refractivity contribution in [3.63, 3.8) is 0 Å². The predicted molar refractivity (Wildman–Crippen MR) is 120 cm³/mol. The fourth-order valence-electron chi connectivity index (χ4n) is 2.82. The van der Waals surface area contributed by atoms with Crippen molar-refractivity contribution in [2.75, 3.05) is 7.11 Å². The van der Waals surface area contributed by atoms with Crippen LogP contribution in [0.15, 0.2) is 60.7 Å². The van der Waals surface area contributed by atoms with Crippen LogP contribution < -0.4 is 9.47 Å². The highest BCUT2D eigenvalue weighted by molar-refractivity contribution is 6.35. The zero-order valence-electron chi connectivity index (χ0n) is 16.3. The smallest absolute Gasteiger partial charge is 0.269 e. The van der Waals surface area contributed by atoms with Crippen LogP contribution in [0.4, 0.5) is 5.69 Å². The first kappa shape index (κ1) is 22.2. The van der Waals surface area contributed by atoms with Gasteiger partial charge in [-0.25, -0.2) is 0 Å². The Bertz CT molecular complexity index is 1160. The Hall–Kier alpha value is -3.53. The molecule has 0 aliphatic rings. The molecule has 0 fully saturated rings. The van der Waals surface area contributed by atoms with Gasteiger partial charge in [0, 0.05) is 27.7 Å². The number of nitrogens with zero attached hydrogens (tertiary/aromatic N) is 2. The van der Waals surface area contributed by atoms with E-state index in [1.807, 2.05) is 0 Å². The molecule has 156 valence electrons.